The number of ether oxygens (including phenoxy) is 2. The molecule has 1 saturated heterocycles. The molecule has 0 saturated carbocycles. The number of para-hydroxylation sites is 1. The third kappa shape index (κ3) is 5.09. The Balaban J connectivity index is 1.31. The van der Waals surface area contributed by atoms with Crippen LogP contribution in [0.5, 0.6) is 5.75 Å². The second-order valence-electron chi connectivity index (χ2n) is 7.58. The van der Waals surface area contributed by atoms with Crippen LogP contribution in [-0.2, 0) is 11.3 Å². The molecule has 1 amide bonds. The van der Waals surface area contributed by atoms with Gasteiger partial charge in [0.25, 0.3) is 5.91 Å². The zero-order chi connectivity index (χ0) is 22.3. The van der Waals surface area contributed by atoms with Crippen molar-refractivity contribution >= 4 is 5.91 Å². The lowest BCUT2D eigenvalue weighted by molar-refractivity contribution is -0.0912. The van der Waals surface area contributed by atoms with Crippen LogP contribution >= 0.6 is 0 Å². The molecule has 0 radical (unpaired) electrons. The Hall–Kier alpha value is -3.37. The van der Waals surface area contributed by atoms with Gasteiger partial charge in [0.2, 0.25) is 0 Å². The van der Waals surface area contributed by atoms with Gasteiger partial charge in [-0.15, -0.1) is 5.10 Å². The zero-order valence-corrected chi connectivity index (χ0v) is 17.8. The van der Waals surface area contributed by atoms with Crippen LogP contribution in [0.3, 0.4) is 0 Å². The van der Waals surface area contributed by atoms with E-state index < -0.39 is 6.10 Å². The fourth-order valence-corrected chi connectivity index (χ4v) is 3.83. The first kappa shape index (κ1) is 21.8. The van der Waals surface area contributed by atoms with Gasteiger partial charge in [-0.05, 0) is 31.4 Å². The summed E-state index contributed by atoms with van der Waals surface area (Å²) in [5.41, 5.74) is 1.87. The Labute approximate surface area is 185 Å². The summed E-state index contributed by atoms with van der Waals surface area (Å²) in [6.45, 7) is 0.449. The molecule has 1 fully saturated rings. The Morgan fingerprint density at radius 1 is 1.31 bits per heavy atom. The number of nitrogens with zero attached hydrogens (tertiary/aromatic N) is 5. The van der Waals surface area contributed by atoms with Gasteiger partial charge in [-0.3, -0.25) is 14.5 Å². The van der Waals surface area contributed by atoms with E-state index in [2.05, 4.69) is 25.6 Å². The molecule has 4 rings (SSSR count). The van der Waals surface area contributed by atoms with Crippen molar-refractivity contribution in [2.75, 3.05) is 13.7 Å². The van der Waals surface area contributed by atoms with Crippen LogP contribution in [-0.4, -0.2) is 67.9 Å². The molecule has 3 heterocycles. The standard InChI is InChI=1S/C22H26N6O4/c1-31-20-5-3-2-4-16(20)19-13-28(27-26-19)11-8-15-6-7-17(21(14-29)32-15)25-22(30)18-12-23-9-10-24-18/h2-5,9-10,12-13,15,17,21,29H,6-8,11,14H2,1H3,(H,25,30)/t15-,17-,21+/m0/s1. The van der Waals surface area contributed by atoms with Crippen molar-refractivity contribution in [1.29, 1.82) is 0 Å². The lowest BCUT2D eigenvalue weighted by Gasteiger charge is -2.36. The molecule has 1 aliphatic rings. The maximum absolute atomic E-state index is 12.4. The molecule has 0 bridgehead atoms. The van der Waals surface area contributed by atoms with Gasteiger partial charge in [0.1, 0.15) is 23.2 Å². The highest BCUT2D eigenvalue weighted by molar-refractivity contribution is 5.92. The van der Waals surface area contributed by atoms with Crippen molar-refractivity contribution in [2.24, 2.45) is 0 Å². The van der Waals surface area contributed by atoms with Gasteiger partial charge in [-0.2, -0.15) is 0 Å². The number of carbonyl (C=O) groups excluding carboxylic acids is 1. The Kier molecular flexibility index (Phi) is 7.03. The first-order chi connectivity index (χ1) is 15.7. The molecule has 2 N–H and O–H groups in total. The lowest BCUT2D eigenvalue weighted by Crippen LogP contribution is -2.51. The number of aromatic nitrogens is 5. The van der Waals surface area contributed by atoms with Crippen LogP contribution in [0.1, 0.15) is 29.8 Å². The van der Waals surface area contributed by atoms with E-state index in [1.54, 1.807) is 11.8 Å². The third-order valence-corrected chi connectivity index (χ3v) is 5.51. The van der Waals surface area contributed by atoms with Gasteiger partial charge in [-0.1, -0.05) is 17.3 Å². The Morgan fingerprint density at radius 3 is 2.97 bits per heavy atom. The van der Waals surface area contributed by atoms with Gasteiger partial charge in [0.15, 0.2) is 0 Å². The Morgan fingerprint density at radius 2 is 2.19 bits per heavy atom. The SMILES string of the molecule is COc1ccccc1-c1cn(CC[C@@H]2CC[C@H](NC(=O)c3cnccn3)[C@@H](CO)O2)nn1. The molecule has 3 aromatic rings. The van der Waals surface area contributed by atoms with Gasteiger partial charge in [0, 0.05) is 24.5 Å². The Bertz CT molecular complexity index is 1030. The van der Waals surface area contributed by atoms with E-state index >= 15 is 0 Å². The largest absolute Gasteiger partial charge is 0.496 e. The number of hydrogen-bond acceptors (Lipinski definition) is 8. The number of aliphatic hydroxyl groups is 1. The summed E-state index contributed by atoms with van der Waals surface area (Å²) in [7, 11) is 1.63. The number of hydrogen-bond donors (Lipinski definition) is 2. The maximum atomic E-state index is 12.4. The monoisotopic (exact) mass is 438 g/mol. The highest BCUT2D eigenvalue weighted by atomic mass is 16.5. The van der Waals surface area contributed by atoms with Gasteiger partial charge in [-0.25, -0.2) is 4.98 Å². The molecule has 3 atom stereocenters. The zero-order valence-electron chi connectivity index (χ0n) is 17.8. The highest BCUT2D eigenvalue weighted by Gasteiger charge is 2.32. The van der Waals surface area contributed by atoms with E-state index in [1.807, 2.05) is 30.5 Å². The van der Waals surface area contributed by atoms with E-state index in [0.29, 0.717) is 13.0 Å². The minimum atomic E-state index is -0.478. The number of carbonyl (C=O) groups is 1. The van der Waals surface area contributed by atoms with Crippen LogP contribution in [0.4, 0.5) is 0 Å². The van der Waals surface area contributed by atoms with E-state index in [9.17, 15) is 9.90 Å². The molecular formula is C22H26N6O4. The second-order valence-corrected chi connectivity index (χ2v) is 7.58. The van der Waals surface area contributed by atoms with Crippen LogP contribution in [0.2, 0.25) is 0 Å². The molecule has 0 aliphatic carbocycles. The number of methoxy groups -OCH3 is 1. The summed E-state index contributed by atoms with van der Waals surface area (Å²) in [6, 6.07) is 7.39. The molecule has 1 aromatic carbocycles. The van der Waals surface area contributed by atoms with Crippen molar-refractivity contribution in [3.63, 3.8) is 0 Å². The van der Waals surface area contributed by atoms with Crippen molar-refractivity contribution in [3.8, 4) is 17.0 Å². The van der Waals surface area contributed by atoms with Gasteiger partial charge in [0.05, 0.1) is 38.3 Å². The lowest BCUT2D eigenvalue weighted by atomic mass is 9.97. The molecule has 2 aromatic heterocycles. The normalized spacial score (nSPS) is 20.6. The maximum Gasteiger partial charge on any atom is 0.271 e. The van der Waals surface area contributed by atoms with Crippen molar-refractivity contribution in [3.05, 3.63) is 54.7 Å². The summed E-state index contributed by atoms with van der Waals surface area (Å²) in [5, 5.41) is 21.2. The van der Waals surface area contributed by atoms with Crippen molar-refractivity contribution in [1.82, 2.24) is 30.3 Å². The molecule has 32 heavy (non-hydrogen) atoms. The molecule has 0 unspecified atom stereocenters. The van der Waals surface area contributed by atoms with E-state index in [1.165, 1.54) is 18.6 Å². The molecule has 168 valence electrons. The number of rotatable bonds is 8. The third-order valence-electron chi connectivity index (χ3n) is 5.51. The fraction of sp³-hybridized carbons (Fsp3) is 0.409. The summed E-state index contributed by atoms with van der Waals surface area (Å²) >= 11 is 0. The molecule has 10 nitrogen and oxygen atoms in total. The molecule has 10 heteroatoms. The molecule has 1 aliphatic heterocycles. The van der Waals surface area contributed by atoms with Gasteiger partial charge >= 0.3 is 0 Å². The van der Waals surface area contributed by atoms with E-state index in [0.717, 1.165) is 29.8 Å². The van der Waals surface area contributed by atoms with E-state index in [-0.39, 0.29) is 30.4 Å². The average molecular weight is 438 g/mol. The fourth-order valence-electron chi connectivity index (χ4n) is 3.83. The summed E-state index contributed by atoms with van der Waals surface area (Å²) in [5.74, 6) is 0.422. The predicted molar refractivity (Wildman–Crippen MR) is 115 cm³/mol. The highest BCUT2D eigenvalue weighted by Crippen LogP contribution is 2.28. The van der Waals surface area contributed by atoms with Crippen molar-refractivity contribution < 1.29 is 19.4 Å². The van der Waals surface area contributed by atoms with Gasteiger partial charge < -0.3 is 19.9 Å². The second kappa shape index (κ2) is 10.3. The summed E-state index contributed by atoms with van der Waals surface area (Å²) in [6.07, 6.45) is 7.93. The molecule has 0 spiro atoms. The average Bonchev–Trinajstić information content (AvgIpc) is 3.32. The smallest absolute Gasteiger partial charge is 0.271 e. The minimum absolute atomic E-state index is 0.0456. The summed E-state index contributed by atoms with van der Waals surface area (Å²) in [4.78, 5) is 20.3. The van der Waals surface area contributed by atoms with Crippen LogP contribution < -0.4 is 10.1 Å². The quantitative estimate of drug-likeness (QED) is 0.542. The van der Waals surface area contributed by atoms with Crippen molar-refractivity contribution in [2.45, 2.75) is 44.1 Å². The van der Waals surface area contributed by atoms with E-state index in [4.69, 9.17) is 9.47 Å². The van der Waals surface area contributed by atoms with Crippen LogP contribution in [0.25, 0.3) is 11.3 Å². The predicted octanol–water partition coefficient (Wildman–Crippen LogP) is 1.47. The minimum Gasteiger partial charge on any atom is -0.496 e. The molecular weight excluding hydrogens is 412 g/mol. The van der Waals surface area contributed by atoms with Crippen LogP contribution in [0, 0.1) is 0 Å². The topological polar surface area (TPSA) is 124 Å². The first-order valence-electron chi connectivity index (χ1n) is 10.5. The first-order valence-corrected chi connectivity index (χ1v) is 10.5. The number of amides is 1. The summed E-state index contributed by atoms with van der Waals surface area (Å²) < 4.78 is 13.2. The van der Waals surface area contributed by atoms with Crippen LogP contribution in [0.15, 0.2) is 49.1 Å². The number of benzene rings is 1. The number of aliphatic hydroxyl groups excluding tert-OH is 1. The number of aryl methyl sites for hydroxylation is 1. The number of nitrogens with one attached hydrogen (secondary N) is 1.